The Morgan fingerprint density at radius 2 is 1.77 bits per heavy atom. The van der Waals surface area contributed by atoms with Crippen molar-refractivity contribution in [1.82, 2.24) is 19.5 Å². The number of aromatic nitrogens is 4. The number of benzene rings is 3. The molecule has 0 atom stereocenters. The second-order valence-electron chi connectivity index (χ2n) is 9.01. The third-order valence-corrected chi connectivity index (χ3v) is 6.51. The number of ether oxygens (including phenoxy) is 1. The van der Waals surface area contributed by atoms with E-state index in [1.165, 1.54) is 53.2 Å². The molecule has 0 fully saturated rings. The van der Waals surface area contributed by atoms with Crippen LogP contribution in [0.3, 0.4) is 0 Å². The SMILES string of the molecule is CCc1ccc2ccn(-c3ccc(F)cc3)c(=O)c2c1Nc1ccc(Oc2ccnc3[nH]c(=O)cnc23)c(F)c1. The zero-order valence-electron chi connectivity index (χ0n) is 21.1. The van der Waals surface area contributed by atoms with Crippen molar-refractivity contribution in [2.24, 2.45) is 0 Å². The molecule has 0 saturated heterocycles. The van der Waals surface area contributed by atoms with Gasteiger partial charge in [-0.1, -0.05) is 19.1 Å². The molecule has 0 aliphatic rings. The highest BCUT2D eigenvalue weighted by Gasteiger charge is 2.15. The number of pyridine rings is 2. The molecule has 0 unspecified atom stereocenters. The van der Waals surface area contributed by atoms with Crippen LogP contribution < -0.4 is 21.2 Å². The Kier molecular flexibility index (Phi) is 6.27. The minimum atomic E-state index is -0.651. The lowest BCUT2D eigenvalue weighted by molar-refractivity contribution is 0.445. The minimum Gasteiger partial charge on any atom is -0.452 e. The molecule has 0 saturated carbocycles. The maximum absolute atomic E-state index is 15.2. The number of hydrogen-bond acceptors (Lipinski definition) is 6. The number of anilines is 2. The second-order valence-corrected chi connectivity index (χ2v) is 9.01. The summed E-state index contributed by atoms with van der Waals surface area (Å²) in [5.74, 6) is -0.879. The van der Waals surface area contributed by atoms with Gasteiger partial charge in [0, 0.05) is 35.9 Å². The van der Waals surface area contributed by atoms with Gasteiger partial charge < -0.3 is 15.0 Å². The summed E-state index contributed by atoms with van der Waals surface area (Å²) in [5, 5.41) is 4.37. The molecule has 10 heteroatoms. The molecule has 0 bridgehead atoms. The van der Waals surface area contributed by atoms with Crippen molar-refractivity contribution in [3.63, 3.8) is 0 Å². The van der Waals surface area contributed by atoms with Gasteiger partial charge in [0.1, 0.15) is 11.3 Å². The Hall–Kier alpha value is -5.38. The molecular formula is C30H21F2N5O3. The van der Waals surface area contributed by atoms with Crippen LogP contribution in [-0.2, 0) is 6.42 Å². The fourth-order valence-corrected chi connectivity index (χ4v) is 4.55. The van der Waals surface area contributed by atoms with Crippen molar-refractivity contribution < 1.29 is 13.5 Å². The predicted molar refractivity (Wildman–Crippen MR) is 149 cm³/mol. The number of nitrogens with zero attached hydrogens (tertiary/aromatic N) is 3. The average Bonchev–Trinajstić information content (AvgIpc) is 2.95. The van der Waals surface area contributed by atoms with Crippen molar-refractivity contribution >= 4 is 33.3 Å². The van der Waals surface area contributed by atoms with Crippen LogP contribution in [0.25, 0.3) is 27.6 Å². The molecule has 3 aromatic heterocycles. The quantitative estimate of drug-likeness (QED) is 0.270. The number of aromatic amines is 1. The first kappa shape index (κ1) is 24.9. The fraction of sp³-hybridized carbons (Fsp3) is 0.0667. The maximum Gasteiger partial charge on any atom is 0.268 e. The third kappa shape index (κ3) is 4.55. The van der Waals surface area contributed by atoms with Gasteiger partial charge in [0.05, 0.1) is 17.3 Å². The monoisotopic (exact) mass is 537 g/mol. The smallest absolute Gasteiger partial charge is 0.268 e. The Balaban J connectivity index is 1.38. The topological polar surface area (TPSA) is 102 Å². The van der Waals surface area contributed by atoms with E-state index in [2.05, 4.69) is 20.3 Å². The highest BCUT2D eigenvalue weighted by Crippen LogP contribution is 2.33. The molecule has 0 radical (unpaired) electrons. The molecule has 0 aliphatic carbocycles. The summed E-state index contributed by atoms with van der Waals surface area (Å²) in [4.78, 5) is 35.9. The van der Waals surface area contributed by atoms with Gasteiger partial charge in [-0.25, -0.2) is 18.7 Å². The predicted octanol–water partition coefficient (Wildman–Crippen LogP) is 6.00. The van der Waals surface area contributed by atoms with Crippen LogP contribution in [-0.4, -0.2) is 19.5 Å². The molecule has 40 heavy (non-hydrogen) atoms. The number of hydrogen-bond donors (Lipinski definition) is 2. The zero-order valence-corrected chi connectivity index (χ0v) is 21.1. The van der Waals surface area contributed by atoms with Crippen molar-refractivity contribution in [2.45, 2.75) is 13.3 Å². The first-order valence-electron chi connectivity index (χ1n) is 12.4. The second kappa shape index (κ2) is 10.1. The fourth-order valence-electron chi connectivity index (χ4n) is 4.55. The molecule has 6 rings (SSSR count). The number of fused-ring (bicyclic) bond motifs is 2. The van der Waals surface area contributed by atoms with Gasteiger partial charge in [-0.3, -0.25) is 14.2 Å². The van der Waals surface area contributed by atoms with E-state index in [1.807, 2.05) is 25.1 Å². The van der Waals surface area contributed by atoms with Crippen LogP contribution >= 0.6 is 0 Å². The summed E-state index contributed by atoms with van der Waals surface area (Å²) in [6.45, 7) is 1.96. The molecule has 3 aromatic carbocycles. The van der Waals surface area contributed by atoms with E-state index >= 15 is 4.39 Å². The van der Waals surface area contributed by atoms with E-state index in [0.717, 1.165) is 11.8 Å². The van der Waals surface area contributed by atoms with Crippen LogP contribution in [0.4, 0.5) is 20.2 Å². The minimum absolute atomic E-state index is 0.0571. The first-order valence-corrected chi connectivity index (χ1v) is 12.4. The third-order valence-electron chi connectivity index (χ3n) is 6.51. The Bertz CT molecular complexity index is 2020. The van der Waals surface area contributed by atoms with Gasteiger partial charge in [-0.05, 0) is 59.8 Å². The lowest BCUT2D eigenvalue weighted by Crippen LogP contribution is -2.19. The van der Waals surface area contributed by atoms with Crippen molar-refractivity contribution in [1.29, 1.82) is 0 Å². The van der Waals surface area contributed by atoms with E-state index in [9.17, 15) is 14.0 Å². The van der Waals surface area contributed by atoms with E-state index in [-0.39, 0.29) is 28.2 Å². The summed E-state index contributed by atoms with van der Waals surface area (Å²) in [6, 6.07) is 17.2. The van der Waals surface area contributed by atoms with Gasteiger partial charge in [0.15, 0.2) is 23.0 Å². The molecular weight excluding hydrogens is 516 g/mol. The van der Waals surface area contributed by atoms with Gasteiger partial charge in [0.25, 0.3) is 11.1 Å². The molecule has 6 aromatic rings. The Labute approximate surface area is 225 Å². The number of halogens is 2. The van der Waals surface area contributed by atoms with Gasteiger partial charge in [0.2, 0.25) is 0 Å². The molecule has 3 heterocycles. The normalized spacial score (nSPS) is 11.2. The largest absolute Gasteiger partial charge is 0.452 e. The lowest BCUT2D eigenvalue weighted by Gasteiger charge is -2.16. The first-order chi connectivity index (χ1) is 19.4. The molecule has 198 valence electrons. The Morgan fingerprint density at radius 1 is 0.950 bits per heavy atom. The van der Waals surface area contributed by atoms with Crippen LogP contribution in [0.2, 0.25) is 0 Å². The van der Waals surface area contributed by atoms with E-state index in [0.29, 0.717) is 34.3 Å². The van der Waals surface area contributed by atoms with Crippen LogP contribution in [0.5, 0.6) is 11.5 Å². The van der Waals surface area contributed by atoms with Gasteiger partial charge in [-0.15, -0.1) is 0 Å². The summed E-state index contributed by atoms with van der Waals surface area (Å²) in [7, 11) is 0. The zero-order chi connectivity index (χ0) is 27.8. The number of H-pyrrole nitrogens is 1. The number of rotatable bonds is 6. The Morgan fingerprint density at radius 3 is 2.55 bits per heavy atom. The number of nitrogens with one attached hydrogen (secondary N) is 2. The molecule has 0 aliphatic heterocycles. The summed E-state index contributed by atoms with van der Waals surface area (Å²) >= 11 is 0. The average molecular weight is 538 g/mol. The molecule has 8 nitrogen and oxygen atoms in total. The number of aryl methyl sites for hydroxylation is 1. The highest BCUT2D eigenvalue weighted by molar-refractivity contribution is 5.96. The van der Waals surface area contributed by atoms with E-state index < -0.39 is 17.2 Å². The van der Waals surface area contributed by atoms with Crippen molar-refractivity contribution in [3.8, 4) is 17.2 Å². The van der Waals surface area contributed by atoms with Gasteiger partial charge in [-0.2, -0.15) is 0 Å². The van der Waals surface area contributed by atoms with E-state index in [1.54, 1.807) is 12.3 Å². The van der Waals surface area contributed by atoms with Crippen molar-refractivity contribution in [2.75, 3.05) is 5.32 Å². The van der Waals surface area contributed by atoms with Crippen LogP contribution in [0.1, 0.15) is 12.5 Å². The maximum atomic E-state index is 15.2. The van der Waals surface area contributed by atoms with Crippen LogP contribution in [0.15, 0.2) is 94.9 Å². The van der Waals surface area contributed by atoms with E-state index in [4.69, 9.17) is 4.74 Å². The van der Waals surface area contributed by atoms with Crippen LogP contribution in [0, 0.1) is 11.6 Å². The summed E-state index contributed by atoms with van der Waals surface area (Å²) < 4.78 is 35.9. The van der Waals surface area contributed by atoms with Crippen molar-refractivity contribution in [3.05, 3.63) is 123 Å². The standard InChI is InChI=1S/C30H21F2N5O3/c1-2-17-3-4-18-12-14-37(21-8-5-19(31)6-9-21)30(39)26(18)27(17)35-20-7-10-23(22(32)15-20)40-24-11-13-33-29-28(24)34-16-25(38)36-29/h3-16,35H,2H2,1H3,(H,33,36,38). The lowest BCUT2D eigenvalue weighted by atomic mass is 10.0. The highest BCUT2D eigenvalue weighted by atomic mass is 19.1. The van der Waals surface area contributed by atoms with Gasteiger partial charge >= 0.3 is 0 Å². The molecule has 2 N–H and O–H groups in total. The summed E-state index contributed by atoms with van der Waals surface area (Å²) in [5.41, 5.74) is 2.15. The summed E-state index contributed by atoms with van der Waals surface area (Å²) in [6.07, 6.45) is 4.79. The molecule has 0 amide bonds. The molecule has 0 spiro atoms.